The van der Waals surface area contributed by atoms with Crippen LogP contribution in [0.25, 0.3) is 0 Å². The molecule has 2 rings (SSSR count). The van der Waals surface area contributed by atoms with Gasteiger partial charge in [-0.25, -0.2) is 0 Å². The van der Waals surface area contributed by atoms with Gasteiger partial charge in [0.05, 0.1) is 0 Å². The topological polar surface area (TPSA) is 118 Å². The van der Waals surface area contributed by atoms with Crippen LogP contribution in [-0.4, -0.2) is 48.4 Å². The maximum atomic E-state index is 5.07. The summed E-state index contributed by atoms with van der Waals surface area (Å²) in [6.07, 6.45) is -0.544. The molecule has 0 saturated heterocycles. The molecule has 2 aromatic heterocycles. The van der Waals surface area contributed by atoms with E-state index in [1.807, 2.05) is 0 Å². The maximum absolute atomic E-state index is 5.07. The molecule has 9 heteroatoms. The molecule has 0 spiro atoms. The number of tetrazole rings is 2. The van der Waals surface area contributed by atoms with E-state index in [0.29, 0.717) is 11.6 Å². The highest BCUT2D eigenvalue weighted by atomic mass is 16.5. The Balaban J connectivity index is 2.29. The molecular weight excluding hydrogens is 176 g/mol. The number of ether oxygens (including phenoxy) is 1. The van der Waals surface area contributed by atoms with Crippen molar-refractivity contribution in [1.29, 1.82) is 0 Å². The molecule has 0 fully saturated rings. The van der Waals surface area contributed by atoms with Crippen LogP contribution in [0.4, 0.5) is 0 Å². The summed E-state index contributed by atoms with van der Waals surface area (Å²) in [6, 6.07) is 0. The lowest BCUT2D eigenvalue weighted by molar-refractivity contribution is 0.121. The predicted molar refractivity (Wildman–Crippen MR) is 37.2 cm³/mol. The minimum atomic E-state index is -0.544. The fourth-order valence-corrected chi connectivity index (χ4v) is 0.887. The molecule has 0 aromatic carbocycles. The van der Waals surface area contributed by atoms with Crippen LogP contribution in [0.15, 0.2) is 0 Å². The number of rotatable bonds is 3. The van der Waals surface area contributed by atoms with Crippen LogP contribution in [0.2, 0.25) is 0 Å². The number of H-pyrrole nitrogens is 2. The van der Waals surface area contributed by atoms with Crippen LogP contribution in [0.1, 0.15) is 17.8 Å². The summed E-state index contributed by atoms with van der Waals surface area (Å²) in [5.74, 6) is 0.729. The zero-order valence-electron chi connectivity index (χ0n) is 6.67. The van der Waals surface area contributed by atoms with E-state index in [-0.39, 0.29) is 0 Å². The van der Waals surface area contributed by atoms with Gasteiger partial charge in [0.25, 0.3) is 0 Å². The largest absolute Gasteiger partial charge is 0.365 e. The Morgan fingerprint density at radius 2 is 1.62 bits per heavy atom. The van der Waals surface area contributed by atoms with Gasteiger partial charge in [-0.1, -0.05) is 10.4 Å². The van der Waals surface area contributed by atoms with E-state index in [1.165, 1.54) is 7.11 Å². The van der Waals surface area contributed by atoms with Gasteiger partial charge in [-0.2, -0.15) is 10.4 Å². The number of hydrogen-bond donors (Lipinski definition) is 2. The third-order valence-electron chi connectivity index (χ3n) is 1.43. The zero-order chi connectivity index (χ0) is 9.10. The van der Waals surface area contributed by atoms with E-state index in [4.69, 9.17) is 4.74 Å². The fraction of sp³-hybridized carbons (Fsp3) is 0.500. The number of hydrogen-bond acceptors (Lipinski definition) is 7. The molecule has 0 radical (unpaired) electrons. The molecule has 9 nitrogen and oxygen atoms in total. The number of aromatic amines is 2. The first-order valence-electron chi connectivity index (χ1n) is 3.41. The van der Waals surface area contributed by atoms with Gasteiger partial charge in [0.1, 0.15) is 0 Å². The number of aromatic nitrogens is 8. The van der Waals surface area contributed by atoms with Crippen molar-refractivity contribution >= 4 is 0 Å². The second-order valence-electron chi connectivity index (χ2n) is 2.16. The van der Waals surface area contributed by atoms with Crippen LogP contribution >= 0.6 is 0 Å². The zero-order valence-corrected chi connectivity index (χ0v) is 6.67. The summed E-state index contributed by atoms with van der Waals surface area (Å²) in [6.45, 7) is 0. The highest BCUT2D eigenvalue weighted by molar-refractivity contribution is 5.00. The molecular formula is C4H6N8O. The molecule has 0 atom stereocenters. The van der Waals surface area contributed by atoms with E-state index in [2.05, 4.69) is 41.2 Å². The van der Waals surface area contributed by atoms with E-state index in [9.17, 15) is 0 Å². The molecule has 0 amide bonds. The summed E-state index contributed by atoms with van der Waals surface area (Å²) < 4.78 is 5.07. The van der Waals surface area contributed by atoms with E-state index < -0.39 is 6.10 Å². The standard InChI is InChI=1S/C4H6N8O/c1-13-2(3-5-9-10-6-3)4-7-11-12-8-4/h2H,1H3,(H,5,6,9,10)(H,7,8,11,12). The van der Waals surface area contributed by atoms with Crippen molar-refractivity contribution in [2.24, 2.45) is 0 Å². The number of nitrogens with one attached hydrogen (secondary N) is 2. The first kappa shape index (κ1) is 7.73. The van der Waals surface area contributed by atoms with Crippen molar-refractivity contribution in [2.75, 3.05) is 7.11 Å². The van der Waals surface area contributed by atoms with Crippen molar-refractivity contribution < 1.29 is 4.74 Å². The third-order valence-corrected chi connectivity index (χ3v) is 1.43. The van der Waals surface area contributed by atoms with Gasteiger partial charge in [0, 0.05) is 7.11 Å². The molecule has 68 valence electrons. The Hall–Kier alpha value is -1.90. The molecule has 2 N–H and O–H groups in total. The second kappa shape index (κ2) is 3.23. The fourth-order valence-electron chi connectivity index (χ4n) is 0.887. The van der Waals surface area contributed by atoms with Crippen molar-refractivity contribution in [3.8, 4) is 0 Å². The highest BCUT2D eigenvalue weighted by Gasteiger charge is 2.21. The lowest BCUT2D eigenvalue weighted by Crippen LogP contribution is -2.07. The average molecular weight is 182 g/mol. The Kier molecular flexibility index (Phi) is 1.92. The normalized spacial score (nSPS) is 10.9. The SMILES string of the molecule is COC(c1nn[nH]n1)c1nn[nH]n1. The summed E-state index contributed by atoms with van der Waals surface area (Å²) in [7, 11) is 1.50. The van der Waals surface area contributed by atoms with Crippen molar-refractivity contribution in [3.05, 3.63) is 11.6 Å². The van der Waals surface area contributed by atoms with Crippen LogP contribution < -0.4 is 0 Å². The van der Waals surface area contributed by atoms with E-state index in [1.54, 1.807) is 0 Å². The van der Waals surface area contributed by atoms with Crippen molar-refractivity contribution in [2.45, 2.75) is 6.10 Å². The average Bonchev–Trinajstić information content (AvgIpc) is 2.76. The number of nitrogens with zero attached hydrogens (tertiary/aromatic N) is 6. The quantitative estimate of drug-likeness (QED) is 0.589. The first-order chi connectivity index (χ1) is 6.42. The van der Waals surface area contributed by atoms with Gasteiger partial charge >= 0.3 is 0 Å². The summed E-state index contributed by atoms with van der Waals surface area (Å²) in [4.78, 5) is 0. The molecule has 13 heavy (non-hydrogen) atoms. The minimum Gasteiger partial charge on any atom is -0.365 e. The number of methoxy groups -OCH3 is 1. The maximum Gasteiger partial charge on any atom is 0.211 e. The third kappa shape index (κ3) is 1.36. The van der Waals surface area contributed by atoms with Gasteiger partial charge in [-0.15, -0.1) is 20.4 Å². The van der Waals surface area contributed by atoms with E-state index >= 15 is 0 Å². The Bertz CT molecular complexity index is 306. The van der Waals surface area contributed by atoms with Crippen molar-refractivity contribution in [3.63, 3.8) is 0 Å². The smallest absolute Gasteiger partial charge is 0.211 e. The Morgan fingerprint density at radius 3 is 1.92 bits per heavy atom. The van der Waals surface area contributed by atoms with Gasteiger partial charge in [0.15, 0.2) is 6.10 Å². The summed E-state index contributed by atoms with van der Waals surface area (Å²) in [5, 5.41) is 26.4. The molecule has 0 aliphatic rings. The lowest BCUT2D eigenvalue weighted by atomic mass is 10.3. The van der Waals surface area contributed by atoms with E-state index in [0.717, 1.165) is 0 Å². The molecule has 2 heterocycles. The Morgan fingerprint density at radius 1 is 1.08 bits per heavy atom. The van der Waals surface area contributed by atoms with Crippen LogP contribution in [0.3, 0.4) is 0 Å². The molecule has 0 aliphatic heterocycles. The molecule has 0 saturated carbocycles. The van der Waals surface area contributed by atoms with Crippen LogP contribution in [0, 0.1) is 0 Å². The minimum absolute atomic E-state index is 0.365. The van der Waals surface area contributed by atoms with Crippen LogP contribution in [0.5, 0.6) is 0 Å². The summed E-state index contributed by atoms with van der Waals surface area (Å²) >= 11 is 0. The monoisotopic (exact) mass is 182 g/mol. The Labute approximate surface area is 71.9 Å². The molecule has 2 aromatic rings. The summed E-state index contributed by atoms with van der Waals surface area (Å²) in [5.41, 5.74) is 0. The van der Waals surface area contributed by atoms with Crippen molar-refractivity contribution in [1.82, 2.24) is 41.2 Å². The molecule has 0 bridgehead atoms. The van der Waals surface area contributed by atoms with Gasteiger partial charge in [-0.05, 0) is 0 Å². The lowest BCUT2D eigenvalue weighted by Gasteiger charge is -2.04. The highest BCUT2D eigenvalue weighted by Crippen LogP contribution is 2.15. The van der Waals surface area contributed by atoms with Crippen LogP contribution in [-0.2, 0) is 4.74 Å². The van der Waals surface area contributed by atoms with Gasteiger partial charge in [-0.3, -0.25) is 0 Å². The van der Waals surface area contributed by atoms with Gasteiger partial charge in [0.2, 0.25) is 11.6 Å². The first-order valence-corrected chi connectivity index (χ1v) is 3.41. The second-order valence-corrected chi connectivity index (χ2v) is 2.16. The molecule has 0 unspecified atom stereocenters. The molecule has 0 aliphatic carbocycles. The predicted octanol–water partition coefficient (Wildman–Crippen LogP) is -1.55. The van der Waals surface area contributed by atoms with Gasteiger partial charge < -0.3 is 4.74 Å².